The van der Waals surface area contributed by atoms with Crippen molar-refractivity contribution in [1.82, 2.24) is 4.98 Å². The zero-order valence-electron chi connectivity index (χ0n) is 22.3. The second-order valence-corrected chi connectivity index (χ2v) is 9.57. The molecule has 0 radical (unpaired) electrons. The highest BCUT2D eigenvalue weighted by Crippen LogP contribution is 2.40. The minimum atomic E-state index is -0.750. The molecule has 0 amide bonds. The van der Waals surface area contributed by atoms with Gasteiger partial charge in [0.2, 0.25) is 0 Å². The molecule has 0 aliphatic rings. The van der Waals surface area contributed by atoms with Gasteiger partial charge in [-0.3, -0.25) is 9.78 Å². The maximum atomic E-state index is 10.6. The van der Waals surface area contributed by atoms with E-state index in [1.807, 2.05) is 32.2 Å². The van der Waals surface area contributed by atoms with Crippen molar-refractivity contribution >= 4 is 12.5 Å². The van der Waals surface area contributed by atoms with Crippen LogP contribution in [0.15, 0.2) is 67.0 Å². The summed E-state index contributed by atoms with van der Waals surface area (Å²) in [6.45, 7) is 11.4. The lowest BCUT2D eigenvalue weighted by Gasteiger charge is -2.34. The first kappa shape index (κ1) is 27.3. The lowest BCUT2D eigenvalue weighted by Crippen LogP contribution is -2.26. The SMILES string of the molecule is CCC(O)(/C=C/c1ccc(C(CC)(CC)c2ccc(-c3cncc(COC=O)c3)cc2)cc1C)CC. The summed E-state index contributed by atoms with van der Waals surface area (Å²) in [6.07, 6.45) is 10.9. The average Bonchev–Trinajstić information content (AvgIpc) is 2.92. The molecule has 1 aromatic heterocycles. The normalized spacial score (nSPS) is 12.2. The monoisotopic (exact) mass is 485 g/mol. The standard InChI is InChI=1S/C32H39NO3/c1-6-31(35,7-2)17-16-26-10-15-30(18-24(26)5)32(8-3,9-4)29-13-11-27(12-14-29)28-19-25(20-33-21-28)22-36-23-34/h10-21,23,35H,6-9,22H2,1-5H3/b17-16+. The van der Waals surface area contributed by atoms with E-state index in [0.29, 0.717) is 19.3 Å². The summed E-state index contributed by atoms with van der Waals surface area (Å²) < 4.78 is 4.88. The highest BCUT2D eigenvalue weighted by atomic mass is 16.5. The maximum absolute atomic E-state index is 10.6. The Morgan fingerprint density at radius 3 is 2.11 bits per heavy atom. The largest absolute Gasteiger partial charge is 0.463 e. The van der Waals surface area contributed by atoms with Crippen LogP contribution >= 0.6 is 0 Å². The van der Waals surface area contributed by atoms with E-state index in [4.69, 9.17) is 4.74 Å². The first-order valence-electron chi connectivity index (χ1n) is 13.0. The van der Waals surface area contributed by atoms with Crippen molar-refractivity contribution in [3.63, 3.8) is 0 Å². The first-order valence-corrected chi connectivity index (χ1v) is 13.0. The molecule has 0 aliphatic carbocycles. The Hall–Kier alpha value is -3.24. The Labute approximate surface area is 216 Å². The number of pyridine rings is 1. The smallest absolute Gasteiger partial charge is 0.293 e. The molecule has 0 saturated heterocycles. The Morgan fingerprint density at radius 1 is 0.861 bits per heavy atom. The number of aryl methyl sites for hydroxylation is 1. The molecule has 0 aliphatic heterocycles. The van der Waals surface area contributed by atoms with Crippen LogP contribution in [-0.2, 0) is 21.6 Å². The van der Waals surface area contributed by atoms with Gasteiger partial charge in [-0.2, -0.15) is 0 Å². The van der Waals surface area contributed by atoms with Gasteiger partial charge in [-0.05, 0) is 66.5 Å². The summed E-state index contributed by atoms with van der Waals surface area (Å²) in [5, 5.41) is 10.6. The molecule has 3 rings (SSSR count). The summed E-state index contributed by atoms with van der Waals surface area (Å²) in [6, 6.07) is 17.5. The molecule has 190 valence electrons. The third-order valence-electron chi connectivity index (χ3n) is 7.71. The van der Waals surface area contributed by atoms with Gasteiger partial charge in [-0.1, -0.05) is 82.3 Å². The molecular formula is C32H39NO3. The molecule has 0 fully saturated rings. The molecular weight excluding hydrogens is 446 g/mol. The van der Waals surface area contributed by atoms with Gasteiger partial charge in [0.25, 0.3) is 6.47 Å². The summed E-state index contributed by atoms with van der Waals surface area (Å²) >= 11 is 0. The van der Waals surface area contributed by atoms with Gasteiger partial charge in [-0.25, -0.2) is 0 Å². The number of hydrogen-bond acceptors (Lipinski definition) is 4. The van der Waals surface area contributed by atoms with Gasteiger partial charge in [0.05, 0.1) is 5.60 Å². The summed E-state index contributed by atoms with van der Waals surface area (Å²) in [5.74, 6) is 0. The maximum Gasteiger partial charge on any atom is 0.293 e. The second kappa shape index (κ2) is 12.1. The van der Waals surface area contributed by atoms with Crippen LogP contribution in [0.2, 0.25) is 0 Å². The molecule has 1 heterocycles. The Balaban J connectivity index is 1.92. The van der Waals surface area contributed by atoms with Gasteiger partial charge >= 0.3 is 0 Å². The zero-order chi connectivity index (χ0) is 26.2. The highest BCUT2D eigenvalue weighted by Gasteiger charge is 2.31. The van der Waals surface area contributed by atoms with Crippen LogP contribution in [-0.4, -0.2) is 22.2 Å². The van der Waals surface area contributed by atoms with Gasteiger partial charge in [0, 0.05) is 28.9 Å². The van der Waals surface area contributed by atoms with Crippen molar-refractivity contribution in [3.05, 3.63) is 94.8 Å². The lowest BCUT2D eigenvalue weighted by atomic mass is 9.70. The van der Waals surface area contributed by atoms with Crippen LogP contribution in [0.5, 0.6) is 0 Å². The van der Waals surface area contributed by atoms with Gasteiger partial charge in [0.15, 0.2) is 0 Å². The first-order chi connectivity index (χ1) is 17.3. The molecule has 36 heavy (non-hydrogen) atoms. The topological polar surface area (TPSA) is 59.4 Å². The minimum absolute atomic E-state index is 0.0863. The number of carbonyl (C=O) groups excluding carboxylic acids is 1. The Kier molecular flexibility index (Phi) is 9.22. The van der Waals surface area contributed by atoms with Crippen molar-refractivity contribution in [2.45, 2.75) is 77.9 Å². The summed E-state index contributed by atoms with van der Waals surface area (Å²) in [5.41, 5.74) is 7.06. The lowest BCUT2D eigenvalue weighted by molar-refractivity contribution is -0.129. The van der Waals surface area contributed by atoms with E-state index in [-0.39, 0.29) is 12.0 Å². The van der Waals surface area contributed by atoms with Crippen LogP contribution in [0.4, 0.5) is 0 Å². The van der Waals surface area contributed by atoms with Crippen molar-refractivity contribution in [3.8, 4) is 11.1 Å². The van der Waals surface area contributed by atoms with Crippen LogP contribution < -0.4 is 0 Å². The Morgan fingerprint density at radius 2 is 1.53 bits per heavy atom. The number of carbonyl (C=O) groups is 1. The van der Waals surface area contributed by atoms with E-state index in [0.717, 1.165) is 35.1 Å². The highest BCUT2D eigenvalue weighted by molar-refractivity contribution is 5.64. The summed E-state index contributed by atoms with van der Waals surface area (Å²) in [7, 11) is 0. The molecule has 0 saturated carbocycles. The number of benzene rings is 2. The number of rotatable bonds is 12. The van der Waals surface area contributed by atoms with Crippen LogP contribution in [0, 0.1) is 6.92 Å². The van der Waals surface area contributed by atoms with E-state index in [9.17, 15) is 9.90 Å². The van der Waals surface area contributed by atoms with E-state index >= 15 is 0 Å². The average molecular weight is 486 g/mol. The van der Waals surface area contributed by atoms with E-state index in [1.54, 1.807) is 6.20 Å². The van der Waals surface area contributed by atoms with Crippen molar-refractivity contribution in [1.29, 1.82) is 0 Å². The quantitative estimate of drug-likeness (QED) is 0.272. The number of ether oxygens (including phenoxy) is 1. The van der Waals surface area contributed by atoms with E-state index < -0.39 is 5.60 Å². The molecule has 0 atom stereocenters. The Bertz CT molecular complexity index is 1170. The number of nitrogens with zero attached hydrogens (tertiary/aromatic N) is 1. The van der Waals surface area contributed by atoms with Crippen molar-refractivity contribution < 1.29 is 14.6 Å². The predicted molar refractivity (Wildman–Crippen MR) is 148 cm³/mol. The second-order valence-electron chi connectivity index (χ2n) is 9.57. The van der Waals surface area contributed by atoms with Crippen molar-refractivity contribution in [2.75, 3.05) is 0 Å². The van der Waals surface area contributed by atoms with Gasteiger partial charge in [-0.15, -0.1) is 0 Å². The molecule has 4 heteroatoms. The van der Waals surface area contributed by atoms with E-state index in [1.165, 1.54) is 16.7 Å². The molecule has 0 bridgehead atoms. The molecule has 3 aromatic rings. The number of aliphatic hydroxyl groups is 1. The summed E-state index contributed by atoms with van der Waals surface area (Å²) in [4.78, 5) is 14.8. The molecule has 1 N–H and O–H groups in total. The fraction of sp³-hybridized carbons (Fsp3) is 0.375. The molecule has 4 nitrogen and oxygen atoms in total. The van der Waals surface area contributed by atoms with Crippen molar-refractivity contribution in [2.24, 2.45) is 0 Å². The van der Waals surface area contributed by atoms with Gasteiger partial charge < -0.3 is 9.84 Å². The third kappa shape index (κ3) is 5.93. The fourth-order valence-electron chi connectivity index (χ4n) is 4.96. The predicted octanol–water partition coefficient (Wildman–Crippen LogP) is 7.40. The van der Waals surface area contributed by atoms with E-state index in [2.05, 4.69) is 74.3 Å². The molecule has 0 unspecified atom stereocenters. The zero-order valence-corrected chi connectivity index (χ0v) is 22.3. The number of hydrogen-bond donors (Lipinski definition) is 1. The minimum Gasteiger partial charge on any atom is -0.463 e. The molecule has 2 aromatic carbocycles. The third-order valence-corrected chi connectivity index (χ3v) is 7.71. The number of aromatic nitrogens is 1. The fourth-order valence-corrected chi connectivity index (χ4v) is 4.96. The van der Waals surface area contributed by atoms with Crippen LogP contribution in [0.25, 0.3) is 17.2 Å². The van der Waals surface area contributed by atoms with Crippen LogP contribution in [0.1, 0.15) is 81.2 Å². The van der Waals surface area contributed by atoms with Crippen LogP contribution in [0.3, 0.4) is 0 Å². The van der Waals surface area contributed by atoms with Gasteiger partial charge in [0.1, 0.15) is 6.61 Å². The molecule has 0 spiro atoms.